The fraction of sp³-hybridized carbons (Fsp3) is 0.316. The largest absolute Gasteiger partial charge is 0.418 e. The fourth-order valence-electron chi connectivity index (χ4n) is 3.20. The van der Waals surface area contributed by atoms with Crippen molar-refractivity contribution in [1.29, 1.82) is 0 Å². The summed E-state index contributed by atoms with van der Waals surface area (Å²) < 4.78 is 41.0. The number of aromatic nitrogens is 1. The summed E-state index contributed by atoms with van der Waals surface area (Å²) in [6.07, 6.45) is 0.308. The van der Waals surface area contributed by atoms with Crippen molar-refractivity contribution in [2.24, 2.45) is 10.8 Å². The lowest BCUT2D eigenvalue weighted by atomic mass is 10.1. The zero-order valence-corrected chi connectivity index (χ0v) is 16.4. The molecule has 1 aliphatic heterocycles. The molecule has 0 amide bonds. The summed E-state index contributed by atoms with van der Waals surface area (Å²) >= 11 is 4.61. The first kappa shape index (κ1) is 21.0. The van der Waals surface area contributed by atoms with Gasteiger partial charge in [-0.05, 0) is 41.5 Å². The first-order valence-electron chi connectivity index (χ1n) is 8.99. The summed E-state index contributed by atoms with van der Waals surface area (Å²) in [6, 6.07) is 8.04. The highest BCUT2D eigenvalue weighted by Gasteiger charge is 2.35. The summed E-state index contributed by atoms with van der Waals surface area (Å²) in [6.45, 7) is 3.11. The number of thiocarbonyl (C=S) groups is 1. The molecule has 0 aliphatic carbocycles. The second-order valence-electron chi connectivity index (χ2n) is 6.63. The number of nitrogens with two attached hydrogens (primary N) is 1. The highest BCUT2D eigenvalue weighted by atomic mass is 32.1. The molecule has 10 heteroatoms. The van der Waals surface area contributed by atoms with Crippen molar-refractivity contribution in [3.63, 3.8) is 0 Å². The molecule has 1 saturated heterocycles. The Balaban J connectivity index is 1.71. The molecular weight excluding hydrogens is 401 g/mol. The summed E-state index contributed by atoms with van der Waals surface area (Å²) in [5, 5.41) is 3.67. The molecule has 1 aromatic carbocycles. The predicted octanol–water partition coefficient (Wildman–Crippen LogP) is 2.59. The van der Waals surface area contributed by atoms with Crippen molar-refractivity contribution in [3.8, 4) is 0 Å². The number of rotatable bonds is 5. The minimum absolute atomic E-state index is 0.0573. The molecule has 0 spiro atoms. The third kappa shape index (κ3) is 5.88. The van der Waals surface area contributed by atoms with Crippen molar-refractivity contribution in [2.45, 2.75) is 12.7 Å². The van der Waals surface area contributed by atoms with Crippen LogP contribution in [-0.2, 0) is 12.7 Å². The van der Waals surface area contributed by atoms with Crippen LogP contribution >= 0.6 is 12.2 Å². The summed E-state index contributed by atoms with van der Waals surface area (Å²) in [4.78, 5) is 8.09. The molecular formula is C19H21F3N6S. The zero-order chi connectivity index (χ0) is 20.9. The van der Waals surface area contributed by atoms with Crippen LogP contribution in [0.3, 0.4) is 0 Å². The number of alkyl halides is 3. The molecule has 6 nitrogen and oxygen atoms in total. The molecule has 1 aromatic heterocycles. The Bertz CT molecular complexity index is 864. The van der Waals surface area contributed by atoms with Crippen molar-refractivity contribution in [2.75, 3.05) is 31.1 Å². The number of halogens is 3. The van der Waals surface area contributed by atoms with Crippen LogP contribution in [0, 0.1) is 0 Å². The Labute approximate surface area is 172 Å². The maximum absolute atomic E-state index is 13.7. The topological polar surface area (TPSA) is 69.8 Å². The predicted molar refractivity (Wildman–Crippen MR) is 111 cm³/mol. The van der Waals surface area contributed by atoms with E-state index in [0.717, 1.165) is 18.2 Å². The Morgan fingerprint density at radius 1 is 1.24 bits per heavy atom. The number of nitrogens with zero attached hydrogens (tertiary/aromatic N) is 4. The number of benzene rings is 1. The van der Waals surface area contributed by atoms with Crippen LogP contribution in [0.1, 0.15) is 16.7 Å². The average molecular weight is 422 g/mol. The first-order valence-corrected chi connectivity index (χ1v) is 9.40. The third-order valence-electron chi connectivity index (χ3n) is 4.56. The zero-order valence-electron chi connectivity index (χ0n) is 15.6. The number of anilines is 1. The van der Waals surface area contributed by atoms with Gasteiger partial charge in [0.2, 0.25) is 0 Å². The lowest BCUT2D eigenvalue weighted by Crippen LogP contribution is -2.46. The van der Waals surface area contributed by atoms with E-state index in [1.807, 2.05) is 12.1 Å². The smallest absolute Gasteiger partial charge is 0.375 e. The molecule has 2 aromatic rings. The average Bonchev–Trinajstić information content (AvgIpc) is 2.68. The number of pyridine rings is 1. The van der Waals surface area contributed by atoms with Gasteiger partial charge < -0.3 is 10.6 Å². The third-order valence-corrected chi connectivity index (χ3v) is 4.65. The van der Waals surface area contributed by atoms with Crippen LogP contribution < -0.4 is 16.1 Å². The highest BCUT2D eigenvalue weighted by molar-refractivity contribution is 7.80. The Morgan fingerprint density at radius 3 is 2.62 bits per heavy atom. The fourth-order valence-corrected chi connectivity index (χ4v) is 3.26. The van der Waals surface area contributed by atoms with E-state index < -0.39 is 11.7 Å². The van der Waals surface area contributed by atoms with Gasteiger partial charge in [-0.25, -0.2) is 0 Å². The van der Waals surface area contributed by atoms with Crippen LogP contribution in [0.25, 0.3) is 0 Å². The standard InChI is InChI=1S/C19H21F3N6S/c20-19(21,22)16-10-14(12-25-26-18(23)29)3-4-17(16)28-8-6-27(7-9-28)13-15-2-1-5-24-11-15/h1-5,10-12H,6-9,13H2,(H3,23,26,29)/b25-12+. The van der Waals surface area contributed by atoms with Crippen LogP contribution in [-0.4, -0.2) is 47.4 Å². The minimum Gasteiger partial charge on any atom is -0.375 e. The molecule has 154 valence electrons. The summed E-state index contributed by atoms with van der Waals surface area (Å²) in [5.74, 6) is 0. The van der Waals surface area contributed by atoms with Gasteiger partial charge in [0.15, 0.2) is 5.11 Å². The molecule has 3 N–H and O–H groups in total. The van der Waals surface area contributed by atoms with Gasteiger partial charge in [0.1, 0.15) is 0 Å². The van der Waals surface area contributed by atoms with Crippen molar-refractivity contribution in [3.05, 3.63) is 59.4 Å². The van der Waals surface area contributed by atoms with Crippen LogP contribution in [0.15, 0.2) is 47.8 Å². The minimum atomic E-state index is -4.47. The van der Waals surface area contributed by atoms with Gasteiger partial charge in [0.25, 0.3) is 0 Å². The number of hydrogen-bond acceptors (Lipinski definition) is 5. The van der Waals surface area contributed by atoms with E-state index in [1.165, 1.54) is 12.3 Å². The second-order valence-corrected chi connectivity index (χ2v) is 7.07. The molecule has 0 saturated carbocycles. The molecule has 0 radical (unpaired) electrons. The molecule has 29 heavy (non-hydrogen) atoms. The number of piperazine rings is 1. The lowest BCUT2D eigenvalue weighted by molar-refractivity contribution is -0.137. The van der Waals surface area contributed by atoms with E-state index in [2.05, 4.69) is 32.6 Å². The van der Waals surface area contributed by atoms with Gasteiger partial charge in [-0.1, -0.05) is 12.1 Å². The van der Waals surface area contributed by atoms with Crippen molar-refractivity contribution >= 4 is 29.2 Å². The van der Waals surface area contributed by atoms with E-state index in [-0.39, 0.29) is 10.8 Å². The lowest BCUT2D eigenvalue weighted by Gasteiger charge is -2.37. The molecule has 1 fully saturated rings. The Hall–Kier alpha value is -2.72. The maximum atomic E-state index is 13.7. The van der Waals surface area contributed by atoms with Gasteiger partial charge in [0, 0.05) is 50.8 Å². The number of hydrogen-bond donors (Lipinski definition) is 2. The van der Waals surface area contributed by atoms with Gasteiger partial charge in [-0.2, -0.15) is 18.3 Å². The second kappa shape index (κ2) is 9.19. The highest BCUT2D eigenvalue weighted by Crippen LogP contribution is 2.37. The first-order chi connectivity index (χ1) is 13.8. The van der Waals surface area contributed by atoms with E-state index in [1.54, 1.807) is 23.4 Å². The van der Waals surface area contributed by atoms with Gasteiger partial charge in [-0.3, -0.25) is 15.3 Å². The normalized spacial score (nSPS) is 15.6. The van der Waals surface area contributed by atoms with Crippen molar-refractivity contribution < 1.29 is 13.2 Å². The molecule has 0 atom stereocenters. The van der Waals surface area contributed by atoms with Gasteiger partial charge in [-0.15, -0.1) is 0 Å². The van der Waals surface area contributed by atoms with E-state index in [4.69, 9.17) is 5.73 Å². The molecule has 2 heterocycles. The number of nitrogens with one attached hydrogen (secondary N) is 1. The van der Waals surface area contributed by atoms with Gasteiger partial charge in [0.05, 0.1) is 11.8 Å². The van der Waals surface area contributed by atoms with Crippen LogP contribution in [0.4, 0.5) is 18.9 Å². The quantitative estimate of drug-likeness (QED) is 0.439. The van der Waals surface area contributed by atoms with Crippen molar-refractivity contribution in [1.82, 2.24) is 15.3 Å². The van der Waals surface area contributed by atoms with E-state index >= 15 is 0 Å². The van der Waals surface area contributed by atoms with E-state index in [0.29, 0.717) is 31.7 Å². The van der Waals surface area contributed by atoms with Gasteiger partial charge >= 0.3 is 6.18 Å². The Morgan fingerprint density at radius 2 is 2.00 bits per heavy atom. The molecule has 0 bridgehead atoms. The van der Waals surface area contributed by atoms with Crippen LogP contribution in [0.2, 0.25) is 0 Å². The monoisotopic (exact) mass is 422 g/mol. The maximum Gasteiger partial charge on any atom is 0.418 e. The SMILES string of the molecule is NC(=S)N/N=C/c1ccc(N2CCN(Cc3cccnc3)CC2)c(C(F)(F)F)c1. The Kier molecular flexibility index (Phi) is 6.65. The molecule has 1 aliphatic rings. The van der Waals surface area contributed by atoms with Crippen LogP contribution in [0.5, 0.6) is 0 Å². The van der Waals surface area contributed by atoms with E-state index in [9.17, 15) is 13.2 Å². The summed E-state index contributed by atoms with van der Waals surface area (Å²) in [7, 11) is 0. The molecule has 3 rings (SSSR count). The summed E-state index contributed by atoms with van der Waals surface area (Å²) in [5.41, 5.74) is 8.47. The number of hydrazone groups is 1. The molecule has 0 unspecified atom stereocenters.